The number of nitrogens with two attached hydrogens (primary N) is 1. The summed E-state index contributed by atoms with van der Waals surface area (Å²) in [7, 11) is 4.07. The Morgan fingerprint density at radius 1 is 1.03 bits per heavy atom. The van der Waals surface area contributed by atoms with Crippen molar-refractivity contribution in [2.75, 3.05) is 38.1 Å². The van der Waals surface area contributed by atoms with E-state index in [0.29, 0.717) is 16.8 Å². The zero-order chi connectivity index (χ0) is 22.7. The molecule has 0 saturated carbocycles. The maximum absolute atomic E-state index is 12.4. The number of anilines is 1. The Kier molecular flexibility index (Phi) is 4.38. The van der Waals surface area contributed by atoms with Crippen molar-refractivity contribution in [1.29, 1.82) is 0 Å². The van der Waals surface area contributed by atoms with E-state index in [1.807, 2.05) is 36.1 Å². The Hall–Kier alpha value is -3.91. The standard InChI is InChI=1S/C25H25N7O/c1-30-7-9-32(10-8-30)17-4-5-18-21(12-17)29-24-19(25(26)33)13-20(28-23(18)24)15-3-6-22-16(11-15)14-27-31(22)2/h3-6,11-14,29H,7-10H2,1-2H3,(H2,26,33). The number of primary amides is 1. The number of H-pyrrole nitrogens is 1. The van der Waals surface area contributed by atoms with E-state index in [9.17, 15) is 4.79 Å². The van der Waals surface area contributed by atoms with Gasteiger partial charge in [-0.2, -0.15) is 5.10 Å². The van der Waals surface area contributed by atoms with Gasteiger partial charge in [0, 0.05) is 55.2 Å². The van der Waals surface area contributed by atoms with Gasteiger partial charge in [-0.25, -0.2) is 4.98 Å². The number of carbonyl (C=O) groups is 1. The number of pyridine rings is 1. The molecule has 1 aliphatic heterocycles. The lowest BCUT2D eigenvalue weighted by molar-refractivity contribution is 0.100. The average Bonchev–Trinajstić information content (AvgIpc) is 3.38. The number of hydrogen-bond acceptors (Lipinski definition) is 5. The SMILES string of the molecule is CN1CCN(c2ccc3c(c2)[nH]c2c(C(N)=O)cc(-c4ccc5c(cnn5C)c4)nc23)CC1. The van der Waals surface area contributed by atoms with E-state index in [-0.39, 0.29) is 0 Å². The van der Waals surface area contributed by atoms with E-state index in [2.05, 4.69) is 45.1 Å². The van der Waals surface area contributed by atoms with Crippen LogP contribution in [-0.2, 0) is 7.05 Å². The zero-order valence-corrected chi connectivity index (χ0v) is 18.7. The predicted molar refractivity (Wildman–Crippen MR) is 132 cm³/mol. The molecule has 5 aromatic rings. The van der Waals surface area contributed by atoms with Crippen molar-refractivity contribution < 1.29 is 4.79 Å². The lowest BCUT2D eigenvalue weighted by atomic mass is 10.1. The van der Waals surface area contributed by atoms with Gasteiger partial charge in [-0.05, 0) is 43.4 Å². The van der Waals surface area contributed by atoms with Gasteiger partial charge in [-0.3, -0.25) is 9.48 Å². The van der Waals surface area contributed by atoms with Crippen molar-refractivity contribution in [3.8, 4) is 11.3 Å². The molecule has 4 heterocycles. The lowest BCUT2D eigenvalue weighted by Gasteiger charge is -2.34. The van der Waals surface area contributed by atoms with Gasteiger partial charge in [0.05, 0.1) is 39.5 Å². The summed E-state index contributed by atoms with van der Waals surface area (Å²) < 4.78 is 1.84. The number of amides is 1. The fourth-order valence-electron chi connectivity index (χ4n) is 4.77. The van der Waals surface area contributed by atoms with Crippen LogP contribution in [0.5, 0.6) is 0 Å². The molecule has 166 valence electrons. The Morgan fingerprint density at radius 2 is 1.85 bits per heavy atom. The number of aromatic nitrogens is 4. The van der Waals surface area contributed by atoms with Crippen LogP contribution < -0.4 is 10.6 Å². The van der Waals surface area contributed by atoms with Crippen molar-refractivity contribution in [3.63, 3.8) is 0 Å². The van der Waals surface area contributed by atoms with E-state index >= 15 is 0 Å². The first-order valence-corrected chi connectivity index (χ1v) is 11.1. The number of benzene rings is 2. The molecule has 1 amide bonds. The number of fused-ring (bicyclic) bond motifs is 4. The molecule has 1 fully saturated rings. The first-order chi connectivity index (χ1) is 16.0. The van der Waals surface area contributed by atoms with Crippen molar-refractivity contribution in [3.05, 3.63) is 54.2 Å². The highest BCUT2D eigenvalue weighted by atomic mass is 16.1. The summed E-state index contributed by atoms with van der Waals surface area (Å²) in [6.45, 7) is 4.08. The highest BCUT2D eigenvalue weighted by Gasteiger charge is 2.19. The van der Waals surface area contributed by atoms with Crippen molar-refractivity contribution in [2.24, 2.45) is 12.8 Å². The monoisotopic (exact) mass is 439 g/mol. The van der Waals surface area contributed by atoms with Crippen LogP contribution in [0, 0.1) is 0 Å². The molecule has 1 aliphatic rings. The van der Waals surface area contributed by atoms with Gasteiger partial charge < -0.3 is 20.5 Å². The van der Waals surface area contributed by atoms with E-state index < -0.39 is 5.91 Å². The van der Waals surface area contributed by atoms with E-state index in [1.165, 1.54) is 5.69 Å². The van der Waals surface area contributed by atoms with Crippen LogP contribution in [-0.4, -0.2) is 63.8 Å². The second-order valence-corrected chi connectivity index (χ2v) is 8.83. The average molecular weight is 440 g/mol. The van der Waals surface area contributed by atoms with E-state index in [1.54, 1.807) is 6.07 Å². The minimum absolute atomic E-state index is 0.443. The maximum atomic E-state index is 12.4. The third-order valence-electron chi connectivity index (χ3n) is 6.71. The largest absolute Gasteiger partial charge is 0.369 e. The molecule has 2 aromatic carbocycles. The number of nitrogens with one attached hydrogen (secondary N) is 1. The molecule has 1 saturated heterocycles. The fraction of sp³-hybridized carbons (Fsp3) is 0.240. The fourth-order valence-corrected chi connectivity index (χ4v) is 4.77. The second kappa shape index (κ2) is 7.31. The summed E-state index contributed by atoms with van der Waals surface area (Å²) >= 11 is 0. The van der Waals surface area contributed by atoms with Gasteiger partial charge in [-0.1, -0.05) is 6.07 Å². The molecule has 0 atom stereocenters. The minimum Gasteiger partial charge on any atom is -0.369 e. The van der Waals surface area contributed by atoms with Crippen LogP contribution >= 0.6 is 0 Å². The molecule has 0 bridgehead atoms. The van der Waals surface area contributed by atoms with Crippen LogP contribution in [0.2, 0.25) is 0 Å². The number of aromatic amines is 1. The summed E-state index contributed by atoms with van der Waals surface area (Å²) in [4.78, 5) is 25.5. The Morgan fingerprint density at radius 3 is 2.64 bits per heavy atom. The molecular weight excluding hydrogens is 414 g/mol. The van der Waals surface area contributed by atoms with Crippen LogP contribution in [0.3, 0.4) is 0 Å². The normalized spacial score (nSPS) is 15.2. The third-order valence-corrected chi connectivity index (χ3v) is 6.71. The number of aryl methyl sites for hydroxylation is 1. The minimum atomic E-state index is -0.475. The molecule has 33 heavy (non-hydrogen) atoms. The van der Waals surface area contributed by atoms with Gasteiger partial charge in [0.2, 0.25) is 0 Å². The Balaban J connectivity index is 1.50. The second-order valence-electron chi connectivity index (χ2n) is 8.83. The van der Waals surface area contributed by atoms with Crippen LogP contribution in [0.25, 0.3) is 44.1 Å². The van der Waals surface area contributed by atoms with E-state index in [4.69, 9.17) is 10.7 Å². The van der Waals surface area contributed by atoms with Gasteiger partial charge in [0.25, 0.3) is 5.91 Å². The van der Waals surface area contributed by atoms with Crippen LogP contribution in [0.4, 0.5) is 5.69 Å². The number of likely N-dealkylation sites (N-methyl/N-ethyl adjacent to an activating group) is 1. The first kappa shape index (κ1) is 19.8. The van der Waals surface area contributed by atoms with Crippen molar-refractivity contribution >= 4 is 44.4 Å². The quantitative estimate of drug-likeness (QED) is 0.450. The third kappa shape index (κ3) is 3.22. The topological polar surface area (TPSA) is 96.1 Å². The van der Waals surface area contributed by atoms with Crippen LogP contribution in [0.15, 0.2) is 48.7 Å². The number of piperazine rings is 1. The molecule has 0 aliphatic carbocycles. The summed E-state index contributed by atoms with van der Waals surface area (Å²) in [6.07, 6.45) is 1.83. The Bertz CT molecular complexity index is 1540. The molecule has 0 spiro atoms. The highest BCUT2D eigenvalue weighted by Crippen LogP contribution is 2.33. The molecule has 8 heteroatoms. The summed E-state index contributed by atoms with van der Waals surface area (Å²) in [5.74, 6) is -0.475. The smallest absolute Gasteiger partial charge is 0.250 e. The zero-order valence-electron chi connectivity index (χ0n) is 18.7. The highest BCUT2D eigenvalue weighted by molar-refractivity contribution is 6.14. The van der Waals surface area contributed by atoms with Crippen molar-refractivity contribution in [1.82, 2.24) is 24.6 Å². The maximum Gasteiger partial charge on any atom is 0.250 e. The molecule has 6 rings (SSSR count). The van der Waals surface area contributed by atoms with Gasteiger partial charge in [-0.15, -0.1) is 0 Å². The number of nitrogens with zero attached hydrogens (tertiary/aromatic N) is 5. The number of hydrogen-bond donors (Lipinski definition) is 2. The summed E-state index contributed by atoms with van der Waals surface area (Å²) in [6, 6.07) is 14.2. The molecular formula is C25H25N7O. The summed E-state index contributed by atoms with van der Waals surface area (Å²) in [5.41, 5.74) is 12.5. The molecule has 0 radical (unpaired) electrons. The molecule has 3 aromatic heterocycles. The van der Waals surface area contributed by atoms with Gasteiger partial charge in [0.15, 0.2) is 0 Å². The lowest BCUT2D eigenvalue weighted by Crippen LogP contribution is -2.44. The van der Waals surface area contributed by atoms with Gasteiger partial charge in [0.1, 0.15) is 0 Å². The van der Waals surface area contributed by atoms with E-state index in [0.717, 1.165) is 59.1 Å². The molecule has 0 unspecified atom stereocenters. The molecule has 3 N–H and O–H groups in total. The molecule has 8 nitrogen and oxygen atoms in total. The van der Waals surface area contributed by atoms with Crippen LogP contribution in [0.1, 0.15) is 10.4 Å². The number of rotatable bonds is 3. The summed E-state index contributed by atoms with van der Waals surface area (Å²) in [5, 5.41) is 6.32. The number of carbonyl (C=O) groups excluding carboxylic acids is 1. The first-order valence-electron chi connectivity index (χ1n) is 11.1. The van der Waals surface area contributed by atoms with Crippen molar-refractivity contribution in [2.45, 2.75) is 0 Å². The Labute approximate surface area is 190 Å². The predicted octanol–water partition coefficient (Wildman–Crippen LogP) is 3.12. The van der Waals surface area contributed by atoms with Gasteiger partial charge >= 0.3 is 0 Å².